The van der Waals surface area contributed by atoms with Gasteiger partial charge in [0.15, 0.2) is 0 Å². The van der Waals surface area contributed by atoms with E-state index in [0.717, 1.165) is 0 Å². The average molecular weight is 249 g/mol. The van der Waals surface area contributed by atoms with Crippen LogP contribution in [0.3, 0.4) is 0 Å². The van der Waals surface area contributed by atoms with Crippen LogP contribution in [-0.2, 0) is 4.79 Å². The summed E-state index contributed by atoms with van der Waals surface area (Å²) < 4.78 is 0. The van der Waals surface area contributed by atoms with E-state index >= 15 is 0 Å². The number of rotatable bonds is 4. The number of nitrogens with one attached hydrogen (secondary N) is 1. The highest BCUT2D eigenvalue weighted by Gasteiger charge is 2.18. The van der Waals surface area contributed by atoms with Crippen molar-refractivity contribution in [1.29, 1.82) is 0 Å². The molecule has 0 spiro atoms. The first-order chi connectivity index (χ1) is 8.34. The lowest BCUT2D eigenvalue weighted by atomic mass is 10.0. The number of benzene rings is 1. The quantitative estimate of drug-likeness (QED) is 0.742. The maximum Gasteiger partial charge on any atom is 0.249 e. The van der Waals surface area contributed by atoms with Gasteiger partial charge in [0.2, 0.25) is 11.8 Å². The van der Waals surface area contributed by atoms with Crippen LogP contribution in [0.2, 0.25) is 0 Å². The van der Waals surface area contributed by atoms with Gasteiger partial charge < -0.3 is 16.8 Å². The van der Waals surface area contributed by atoms with Crippen molar-refractivity contribution < 1.29 is 9.59 Å². The second-order valence-electron chi connectivity index (χ2n) is 4.60. The number of carbonyl (C=O) groups excluding carboxylic acids is 2. The van der Waals surface area contributed by atoms with Crippen LogP contribution < -0.4 is 16.8 Å². The van der Waals surface area contributed by atoms with Crippen molar-refractivity contribution in [2.24, 2.45) is 17.4 Å². The summed E-state index contributed by atoms with van der Waals surface area (Å²) in [6.07, 6.45) is 0. The van der Waals surface area contributed by atoms with Crippen LogP contribution in [0, 0.1) is 12.8 Å². The zero-order valence-electron chi connectivity index (χ0n) is 10.9. The van der Waals surface area contributed by atoms with Crippen LogP contribution >= 0.6 is 0 Å². The van der Waals surface area contributed by atoms with E-state index < -0.39 is 11.9 Å². The van der Waals surface area contributed by atoms with Gasteiger partial charge in [-0.25, -0.2) is 0 Å². The Hall–Kier alpha value is -1.88. The molecule has 0 saturated heterocycles. The van der Waals surface area contributed by atoms with Crippen molar-refractivity contribution in [2.45, 2.75) is 26.8 Å². The molecule has 0 aliphatic rings. The molecule has 5 heteroatoms. The Morgan fingerprint density at radius 1 is 1.28 bits per heavy atom. The van der Waals surface area contributed by atoms with Crippen molar-refractivity contribution in [2.75, 3.05) is 5.32 Å². The summed E-state index contributed by atoms with van der Waals surface area (Å²) in [4.78, 5) is 23.0. The van der Waals surface area contributed by atoms with E-state index in [1.165, 1.54) is 0 Å². The van der Waals surface area contributed by atoms with Crippen molar-refractivity contribution in [3.8, 4) is 0 Å². The van der Waals surface area contributed by atoms with Gasteiger partial charge in [0.25, 0.3) is 0 Å². The topological polar surface area (TPSA) is 98.2 Å². The van der Waals surface area contributed by atoms with Gasteiger partial charge in [0.05, 0.1) is 6.04 Å². The normalized spacial score (nSPS) is 12.3. The minimum Gasteiger partial charge on any atom is -0.366 e. The van der Waals surface area contributed by atoms with E-state index in [9.17, 15) is 9.59 Å². The second-order valence-corrected chi connectivity index (χ2v) is 4.60. The Bertz CT molecular complexity index is 469. The fourth-order valence-corrected chi connectivity index (χ4v) is 1.56. The maximum absolute atomic E-state index is 11.8. The fourth-order valence-electron chi connectivity index (χ4n) is 1.56. The van der Waals surface area contributed by atoms with Crippen molar-refractivity contribution >= 4 is 17.5 Å². The highest BCUT2D eigenvalue weighted by atomic mass is 16.2. The Balaban J connectivity index is 2.96. The molecule has 1 aromatic rings. The molecule has 5 N–H and O–H groups in total. The molecule has 0 heterocycles. The molecule has 1 aromatic carbocycles. The van der Waals surface area contributed by atoms with Crippen LogP contribution in [-0.4, -0.2) is 17.9 Å². The van der Waals surface area contributed by atoms with E-state index in [1.54, 1.807) is 25.1 Å². The summed E-state index contributed by atoms with van der Waals surface area (Å²) in [6.45, 7) is 5.48. The molecule has 98 valence electrons. The lowest BCUT2D eigenvalue weighted by molar-refractivity contribution is -0.118. The number of hydrogen-bond donors (Lipinski definition) is 3. The number of carbonyl (C=O) groups is 2. The maximum atomic E-state index is 11.8. The SMILES string of the molecule is Cc1c(NC(=O)[C@H](N)C(C)C)cccc1C(N)=O. The smallest absolute Gasteiger partial charge is 0.249 e. The van der Waals surface area contributed by atoms with Gasteiger partial charge in [0.1, 0.15) is 0 Å². The highest BCUT2D eigenvalue weighted by Crippen LogP contribution is 2.19. The van der Waals surface area contributed by atoms with Gasteiger partial charge in [-0.1, -0.05) is 19.9 Å². The first-order valence-electron chi connectivity index (χ1n) is 5.80. The van der Waals surface area contributed by atoms with E-state index in [1.807, 2.05) is 13.8 Å². The first-order valence-corrected chi connectivity index (χ1v) is 5.80. The van der Waals surface area contributed by atoms with Gasteiger partial charge in [-0.2, -0.15) is 0 Å². The van der Waals surface area contributed by atoms with Crippen LogP contribution in [0.1, 0.15) is 29.8 Å². The van der Waals surface area contributed by atoms with E-state index in [4.69, 9.17) is 11.5 Å². The van der Waals surface area contributed by atoms with Crippen LogP contribution in [0.25, 0.3) is 0 Å². The summed E-state index contributed by atoms with van der Waals surface area (Å²) in [7, 11) is 0. The zero-order valence-corrected chi connectivity index (χ0v) is 10.9. The molecule has 0 aliphatic carbocycles. The number of anilines is 1. The van der Waals surface area contributed by atoms with Gasteiger partial charge in [-0.15, -0.1) is 0 Å². The fraction of sp³-hybridized carbons (Fsp3) is 0.385. The molecule has 1 rings (SSSR count). The molecular formula is C13H19N3O2. The second kappa shape index (κ2) is 5.64. The average Bonchev–Trinajstić information content (AvgIpc) is 2.30. The monoisotopic (exact) mass is 249 g/mol. The van der Waals surface area contributed by atoms with Crippen molar-refractivity contribution in [1.82, 2.24) is 0 Å². The molecule has 0 bridgehead atoms. The Morgan fingerprint density at radius 3 is 2.39 bits per heavy atom. The molecule has 0 saturated carbocycles. The lowest BCUT2D eigenvalue weighted by Gasteiger charge is -2.17. The Morgan fingerprint density at radius 2 is 1.89 bits per heavy atom. The third-order valence-corrected chi connectivity index (χ3v) is 2.88. The number of hydrogen-bond acceptors (Lipinski definition) is 3. The zero-order chi connectivity index (χ0) is 13.9. The molecule has 0 fully saturated rings. The molecule has 0 unspecified atom stereocenters. The summed E-state index contributed by atoms with van der Waals surface area (Å²) in [5.74, 6) is -0.740. The van der Waals surface area contributed by atoms with E-state index in [-0.39, 0.29) is 11.8 Å². The summed E-state index contributed by atoms with van der Waals surface area (Å²) >= 11 is 0. The van der Waals surface area contributed by atoms with E-state index in [2.05, 4.69) is 5.32 Å². The molecule has 0 aliphatic heterocycles. The van der Waals surface area contributed by atoms with E-state index in [0.29, 0.717) is 16.8 Å². The predicted octanol–water partition coefficient (Wildman–Crippen LogP) is 1.02. The van der Waals surface area contributed by atoms with Gasteiger partial charge in [-0.05, 0) is 30.5 Å². The largest absolute Gasteiger partial charge is 0.366 e. The lowest BCUT2D eigenvalue weighted by Crippen LogP contribution is -2.40. The minimum atomic E-state index is -0.582. The highest BCUT2D eigenvalue weighted by molar-refractivity contribution is 5.99. The van der Waals surface area contributed by atoms with Crippen LogP contribution in [0.5, 0.6) is 0 Å². The standard InChI is InChI=1S/C13H19N3O2/c1-7(2)11(14)13(18)16-10-6-4-5-9(8(10)3)12(15)17/h4-7,11H,14H2,1-3H3,(H2,15,17)(H,16,18)/t11-/m1/s1. The van der Waals surface area contributed by atoms with Gasteiger partial charge in [0, 0.05) is 11.3 Å². The number of primary amides is 1. The Kier molecular flexibility index (Phi) is 4.44. The third kappa shape index (κ3) is 3.07. The molecule has 1 atom stereocenters. The molecule has 0 aromatic heterocycles. The third-order valence-electron chi connectivity index (χ3n) is 2.88. The van der Waals surface area contributed by atoms with Crippen LogP contribution in [0.15, 0.2) is 18.2 Å². The first kappa shape index (κ1) is 14.2. The minimum absolute atomic E-state index is 0.0460. The van der Waals surface area contributed by atoms with Crippen LogP contribution in [0.4, 0.5) is 5.69 Å². The molecular weight excluding hydrogens is 230 g/mol. The summed E-state index contributed by atoms with van der Waals surface area (Å²) in [5.41, 5.74) is 12.6. The molecule has 18 heavy (non-hydrogen) atoms. The molecule has 5 nitrogen and oxygen atoms in total. The molecule has 0 radical (unpaired) electrons. The number of nitrogens with two attached hydrogens (primary N) is 2. The predicted molar refractivity (Wildman–Crippen MR) is 71.1 cm³/mol. The Labute approximate surface area is 107 Å². The van der Waals surface area contributed by atoms with Gasteiger partial charge in [-0.3, -0.25) is 9.59 Å². The van der Waals surface area contributed by atoms with Crippen molar-refractivity contribution in [3.63, 3.8) is 0 Å². The van der Waals surface area contributed by atoms with Gasteiger partial charge >= 0.3 is 0 Å². The summed E-state index contributed by atoms with van der Waals surface area (Å²) in [6, 6.07) is 4.42. The van der Waals surface area contributed by atoms with Crippen molar-refractivity contribution in [3.05, 3.63) is 29.3 Å². The summed E-state index contributed by atoms with van der Waals surface area (Å²) in [5, 5.41) is 2.71. The molecule has 2 amide bonds. The number of amides is 2.